The Morgan fingerprint density at radius 1 is 1.33 bits per heavy atom. The third-order valence-electron chi connectivity index (χ3n) is 7.61. The second kappa shape index (κ2) is 12.2. The van der Waals surface area contributed by atoms with Gasteiger partial charge in [-0.25, -0.2) is 8.42 Å². The van der Waals surface area contributed by atoms with Gasteiger partial charge in [0.1, 0.15) is 15.6 Å². The summed E-state index contributed by atoms with van der Waals surface area (Å²) in [6.07, 6.45) is -3.80. The number of nitrogens with zero attached hydrogens (tertiary/aromatic N) is 2. The van der Waals surface area contributed by atoms with Crippen molar-refractivity contribution in [3.8, 4) is 17.0 Å². The van der Waals surface area contributed by atoms with Crippen LogP contribution in [0.15, 0.2) is 18.2 Å². The van der Waals surface area contributed by atoms with E-state index in [1.54, 1.807) is 6.92 Å². The Morgan fingerprint density at radius 3 is 2.50 bits per heavy atom. The predicted molar refractivity (Wildman–Crippen MR) is 146 cm³/mol. The van der Waals surface area contributed by atoms with Crippen molar-refractivity contribution in [3.05, 3.63) is 34.5 Å². The fraction of sp³-hybridized carbons (Fsp3) is 0.615. The van der Waals surface area contributed by atoms with Gasteiger partial charge < -0.3 is 20.9 Å². The number of nitrogens with one attached hydrogen (secondary N) is 1. The average Bonchev–Trinajstić information content (AvgIpc) is 3.18. The zero-order chi connectivity index (χ0) is 31.8. The fourth-order valence-corrected chi connectivity index (χ4v) is 6.32. The molecule has 1 amide bonds. The minimum Gasteiger partial charge on any atom is -0.434 e. The number of alkyl halides is 5. The lowest BCUT2D eigenvalue weighted by Crippen LogP contribution is -2.59. The summed E-state index contributed by atoms with van der Waals surface area (Å²) >= 11 is 6.52. The van der Waals surface area contributed by atoms with E-state index in [4.69, 9.17) is 17.3 Å². The van der Waals surface area contributed by atoms with E-state index in [1.807, 2.05) is 0 Å². The summed E-state index contributed by atoms with van der Waals surface area (Å²) in [4.78, 5) is 13.1. The molecule has 236 valence electrons. The highest BCUT2D eigenvalue weighted by Crippen LogP contribution is 2.43. The summed E-state index contributed by atoms with van der Waals surface area (Å²) in [6, 6.07) is 2.73. The molecule has 0 spiro atoms. The van der Waals surface area contributed by atoms with Gasteiger partial charge in [-0.1, -0.05) is 31.5 Å². The topological polar surface area (TPSA) is 137 Å². The molecule has 1 fully saturated rings. The molecule has 0 saturated heterocycles. The van der Waals surface area contributed by atoms with Crippen LogP contribution in [-0.4, -0.2) is 71.7 Å². The number of halogens is 6. The van der Waals surface area contributed by atoms with Gasteiger partial charge in [0.25, 0.3) is 5.91 Å². The summed E-state index contributed by atoms with van der Waals surface area (Å²) in [5.41, 5.74) is 2.09. The first-order valence-corrected chi connectivity index (χ1v) is 15.4. The SMILES string of the molecule is CCn1nc(C(=O)NC[C@@]2(O)CC[C@H](S(C)(=O)=O)C[C@@H]2N)c(Cl)c1-c1ccc(CC(C)(C)C(F)(F)F)cc1OC(F)F. The second-order valence-corrected chi connectivity index (χ2v) is 13.9. The van der Waals surface area contributed by atoms with Crippen molar-refractivity contribution in [2.45, 2.75) is 82.7 Å². The summed E-state index contributed by atoms with van der Waals surface area (Å²) in [5.74, 6) is -1.27. The van der Waals surface area contributed by atoms with E-state index < -0.39 is 63.0 Å². The number of aromatic nitrogens is 2. The van der Waals surface area contributed by atoms with Gasteiger partial charge in [0.15, 0.2) is 5.69 Å². The number of aliphatic hydroxyl groups is 1. The van der Waals surface area contributed by atoms with Gasteiger partial charge in [0.2, 0.25) is 0 Å². The van der Waals surface area contributed by atoms with Gasteiger partial charge in [0.05, 0.1) is 27.0 Å². The number of nitrogens with two attached hydrogens (primary N) is 1. The largest absolute Gasteiger partial charge is 0.434 e. The van der Waals surface area contributed by atoms with Crippen molar-refractivity contribution in [3.63, 3.8) is 0 Å². The van der Waals surface area contributed by atoms with Crippen molar-refractivity contribution in [2.75, 3.05) is 12.8 Å². The highest BCUT2D eigenvalue weighted by atomic mass is 35.5. The van der Waals surface area contributed by atoms with E-state index in [1.165, 1.54) is 16.8 Å². The number of sulfone groups is 1. The first kappa shape index (κ1) is 34.0. The number of carbonyl (C=O) groups is 1. The molecular weight excluding hydrogens is 611 g/mol. The van der Waals surface area contributed by atoms with Crippen molar-refractivity contribution < 1.29 is 45.0 Å². The molecule has 3 atom stereocenters. The number of carbonyl (C=O) groups excluding carboxylic acids is 1. The normalized spacial score (nSPS) is 21.9. The van der Waals surface area contributed by atoms with Gasteiger partial charge >= 0.3 is 12.8 Å². The molecule has 2 aromatic rings. The summed E-state index contributed by atoms with van der Waals surface area (Å²) in [7, 11) is -3.37. The van der Waals surface area contributed by atoms with Crippen LogP contribution in [0.25, 0.3) is 11.3 Å². The third kappa shape index (κ3) is 7.34. The summed E-state index contributed by atoms with van der Waals surface area (Å²) in [6.45, 7) is 0.104. The molecule has 4 N–H and O–H groups in total. The minimum absolute atomic E-state index is 0.00360. The van der Waals surface area contributed by atoms with Crippen LogP contribution in [-0.2, 0) is 22.8 Å². The lowest BCUT2D eigenvalue weighted by molar-refractivity contribution is -0.211. The lowest BCUT2D eigenvalue weighted by atomic mass is 9.80. The molecule has 42 heavy (non-hydrogen) atoms. The minimum atomic E-state index is -4.55. The van der Waals surface area contributed by atoms with Crippen LogP contribution in [0.5, 0.6) is 5.75 Å². The molecule has 0 unspecified atom stereocenters. The number of aryl methyl sites for hydroxylation is 1. The van der Waals surface area contributed by atoms with Crippen molar-refractivity contribution in [1.82, 2.24) is 15.1 Å². The Morgan fingerprint density at radius 2 is 1.98 bits per heavy atom. The van der Waals surface area contributed by atoms with E-state index in [-0.39, 0.29) is 59.9 Å². The van der Waals surface area contributed by atoms with Gasteiger partial charge in [-0.2, -0.15) is 27.1 Å². The van der Waals surface area contributed by atoms with E-state index in [9.17, 15) is 40.3 Å². The number of ether oxygens (including phenoxy) is 1. The smallest absolute Gasteiger partial charge is 0.394 e. The Kier molecular flexibility index (Phi) is 9.92. The molecule has 1 saturated carbocycles. The molecule has 9 nitrogen and oxygen atoms in total. The van der Waals surface area contributed by atoms with Crippen LogP contribution in [0.2, 0.25) is 5.02 Å². The zero-order valence-corrected chi connectivity index (χ0v) is 25.0. The van der Waals surface area contributed by atoms with Gasteiger partial charge in [-0.05, 0) is 50.3 Å². The van der Waals surface area contributed by atoms with Gasteiger partial charge in [0, 0.05) is 31.0 Å². The molecule has 16 heteroatoms. The number of hydrogen-bond acceptors (Lipinski definition) is 7. The third-order valence-corrected chi connectivity index (χ3v) is 9.60. The van der Waals surface area contributed by atoms with E-state index >= 15 is 0 Å². The quantitative estimate of drug-likeness (QED) is 0.327. The monoisotopic (exact) mass is 644 g/mol. The van der Waals surface area contributed by atoms with Crippen LogP contribution >= 0.6 is 11.6 Å². The number of amides is 1. The number of rotatable bonds is 10. The Bertz CT molecular complexity index is 1420. The molecule has 1 aliphatic carbocycles. The van der Waals surface area contributed by atoms with Crippen LogP contribution in [0, 0.1) is 5.41 Å². The molecule has 0 bridgehead atoms. The summed E-state index contributed by atoms with van der Waals surface area (Å²) < 4.78 is 96.6. The molecule has 1 heterocycles. The summed E-state index contributed by atoms with van der Waals surface area (Å²) in [5, 5.41) is 16.7. The van der Waals surface area contributed by atoms with Crippen LogP contribution < -0.4 is 15.8 Å². The van der Waals surface area contributed by atoms with E-state index in [2.05, 4.69) is 15.2 Å². The molecular formula is C26H34ClF5N4O5S. The average molecular weight is 645 g/mol. The number of hydrogen-bond donors (Lipinski definition) is 3. The van der Waals surface area contributed by atoms with Gasteiger partial charge in [-0.3, -0.25) is 9.48 Å². The lowest BCUT2D eigenvalue weighted by Gasteiger charge is -2.40. The molecule has 3 rings (SSSR count). The maximum absolute atomic E-state index is 13.4. The predicted octanol–water partition coefficient (Wildman–Crippen LogP) is 4.34. The Hall–Kier alpha value is -2.49. The molecule has 0 aliphatic heterocycles. The number of benzene rings is 1. The highest BCUT2D eigenvalue weighted by Gasteiger charge is 2.47. The maximum Gasteiger partial charge on any atom is 0.394 e. The molecule has 1 aromatic carbocycles. The highest BCUT2D eigenvalue weighted by molar-refractivity contribution is 7.91. The van der Waals surface area contributed by atoms with E-state index in [0.29, 0.717) is 0 Å². The van der Waals surface area contributed by atoms with Crippen LogP contribution in [0.4, 0.5) is 22.0 Å². The molecule has 1 aliphatic rings. The van der Waals surface area contributed by atoms with E-state index in [0.717, 1.165) is 26.2 Å². The first-order valence-electron chi connectivity index (χ1n) is 13.1. The first-order chi connectivity index (χ1) is 19.2. The second-order valence-electron chi connectivity index (χ2n) is 11.2. The molecule has 0 radical (unpaired) electrons. The Balaban J connectivity index is 1.91. The molecule has 1 aromatic heterocycles. The maximum atomic E-state index is 13.4. The van der Waals surface area contributed by atoms with Crippen molar-refractivity contribution in [2.24, 2.45) is 11.1 Å². The fourth-order valence-electron chi connectivity index (χ4n) is 4.89. The van der Waals surface area contributed by atoms with Gasteiger partial charge in [-0.15, -0.1) is 0 Å². The van der Waals surface area contributed by atoms with Crippen LogP contribution in [0.1, 0.15) is 56.1 Å². The van der Waals surface area contributed by atoms with Crippen LogP contribution in [0.3, 0.4) is 0 Å². The standard InChI is InChI=1S/C26H34ClF5N4O5S/c1-5-36-21(16-7-6-14(10-17(16)41-23(28)29)12-24(2,3)26(30,31)32)19(27)20(35-36)22(37)34-13-25(38)9-8-15(11-18(25)33)42(4,39)40/h6-7,10,15,18,23,38H,5,8-9,11-13,33H2,1-4H3,(H,34,37)/t15-,18-,25-/m0/s1. The van der Waals surface area contributed by atoms with Crippen molar-refractivity contribution >= 4 is 27.3 Å². The Labute approximate surface area is 245 Å². The zero-order valence-electron chi connectivity index (χ0n) is 23.4. The van der Waals surface area contributed by atoms with Crippen molar-refractivity contribution in [1.29, 1.82) is 0 Å².